The number of nitriles is 1. The van der Waals surface area contributed by atoms with Crippen LogP contribution in [0, 0.1) is 11.3 Å². The summed E-state index contributed by atoms with van der Waals surface area (Å²) in [7, 11) is 0. The van der Waals surface area contributed by atoms with E-state index in [-0.39, 0.29) is 10.8 Å². The molecule has 128 valence electrons. The molecule has 0 aromatic carbocycles. The van der Waals surface area contributed by atoms with Crippen molar-refractivity contribution in [3.05, 3.63) is 29.1 Å². The molecule has 4 heterocycles. The third kappa shape index (κ3) is 2.91. The predicted octanol–water partition coefficient (Wildman–Crippen LogP) is 3.80. The van der Waals surface area contributed by atoms with E-state index >= 15 is 0 Å². The zero-order valence-electron chi connectivity index (χ0n) is 13.5. The highest BCUT2D eigenvalue weighted by Crippen LogP contribution is 2.38. The second-order valence-corrected chi connectivity index (χ2v) is 8.51. The minimum Gasteiger partial charge on any atom is -0.262 e. The van der Waals surface area contributed by atoms with Crippen molar-refractivity contribution in [2.45, 2.75) is 18.9 Å². The van der Waals surface area contributed by atoms with E-state index in [1.807, 2.05) is 22.3 Å². The number of nitrogens with zero attached hydrogens (tertiary/aromatic N) is 6. The van der Waals surface area contributed by atoms with E-state index in [9.17, 15) is 5.26 Å². The second-order valence-electron chi connectivity index (χ2n) is 5.93. The van der Waals surface area contributed by atoms with Gasteiger partial charge in [0.15, 0.2) is 0 Å². The van der Waals surface area contributed by atoms with Gasteiger partial charge in [0, 0.05) is 36.0 Å². The van der Waals surface area contributed by atoms with Crippen LogP contribution in [0.4, 0.5) is 0 Å². The summed E-state index contributed by atoms with van der Waals surface area (Å²) < 4.78 is 4.20. The standard InChI is InChI=1S/C16H15ClN6S2/c1-2-25-22-9-16(10-22,4-5-18)23-8-11(7-19-23)13-12-3-6-24-14(12)21-15(17)20-13/h3,6-8H,2,4,9-10H2,1H3. The first-order valence-corrected chi connectivity index (χ1v) is 10.1. The van der Waals surface area contributed by atoms with Gasteiger partial charge in [0.05, 0.1) is 24.4 Å². The molecule has 0 spiro atoms. The van der Waals surface area contributed by atoms with Crippen LogP contribution in [0.15, 0.2) is 23.8 Å². The molecule has 0 unspecified atom stereocenters. The van der Waals surface area contributed by atoms with Crippen molar-refractivity contribution in [1.82, 2.24) is 24.1 Å². The van der Waals surface area contributed by atoms with Gasteiger partial charge in [-0.05, 0) is 23.0 Å². The average molecular weight is 391 g/mol. The molecular weight excluding hydrogens is 376 g/mol. The summed E-state index contributed by atoms with van der Waals surface area (Å²) in [6, 6.07) is 4.31. The van der Waals surface area contributed by atoms with Crippen LogP contribution in [0.25, 0.3) is 21.5 Å². The molecule has 3 aromatic heterocycles. The fraction of sp³-hybridized carbons (Fsp3) is 0.375. The van der Waals surface area contributed by atoms with Crippen molar-refractivity contribution in [2.75, 3.05) is 18.8 Å². The predicted molar refractivity (Wildman–Crippen MR) is 102 cm³/mol. The molecule has 1 aliphatic rings. The highest BCUT2D eigenvalue weighted by Gasteiger charge is 2.45. The Morgan fingerprint density at radius 1 is 1.44 bits per heavy atom. The Balaban J connectivity index is 1.70. The van der Waals surface area contributed by atoms with Crippen LogP contribution in [-0.4, -0.2) is 42.9 Å². The van der Waals surface area contributed by atoms with Crippen LogP contribution < -0.4 is 0 Å². The van der Waals surface area contributed by atoms with E-state index in [0.29, 0.717) is 6.42 Å². The number of fused-ring (bicyclic) bond motifs is 1. The minimum absolute atomic E-state index is 0.235. The molecule has 6 nitrogen and oxygen atoms in total. The molecule has 0 atom stereocenters. The van der Waals surface area contributed by atoms with E-state index in [4.69, 9.17) is 11.6 Å². The van der Waals surface area contributed by atoms with Crippen molar-refractivity contribution in [3.8, 4) is 17.3 Å². The van der Waals surface area contributed by atoms with E-state index < -0.39 is 0 Å². The Labute approximate surface area is 158 Å². The summed E-state index contributed by atoms with van der Waals surface area (Å²) in [6.45, 7) is 3.77. The van der Waals surface area contributed by atoms with Gasteiger partial charge in [-0.15, -0.1) is 11.3 Å². The number of aromatic nitrogens is 4. The van der Waals surface area contributed by atoms with Gasteiger partial charge in [-0.25, -0.2) is 14.3 Å². The van der Waals surface area contributed by atoms with Crippen molar-refractivity contribution >= 4 is 45.1 Å². The zero-order chi connectivity index (χ0) is 17.4. The smallest absolute Gasteiger partial charge is 0.224 e. The molecule has 25 heavy (non-hydrogen) atoms. The largest absolute Gasteiger partial charge is 0.262 e. The van der Waals surface area contributed by atoms with Gasteiger partial charge >= 0.3 is 0 Å². The summed E-state index contributed by atoms with van der Waals surface area (Å²) >= 11 is 9.41. The Kier molecular flexibility index (Phi) is 4.41. The quantitative estimate of drug-likeness (QED) is 0.487. The maximum Gasteiger partial charge on any atom is 0.224 e. The molecule has 1 fully saturated rings. The van der Waals surface area contributed by atoms with E-state index in [1.54, 1.807) is 18.1 Å². The number of rotatable bonds is 5. The van der Waals surface area contributed by atoms with Crippen LogP contribution >= 0.6 is 34.9 Å². The van der Waals surface area contributed by atoms with Gasteiger partial charge in [-0.1, -0.05) is 18.9 Å². The maximum absolute atomic E-state index is 9.27. The normalized spacial score (nSPS) is 16.7. The number of hydrogen-bond acceptors (Lipinski definition) is 7. The molecule has 1 aliphatic heterocycles. The lowest BCUT2D eigenvalue weighted by Crippen LogP contribution is -2.60. The Bertz CT molecular complexity index is 953. The zero-order valence-corrected chi connectivity index (χ0v) is 15.9. The van der Waals surface area contributed by atoms with Gasteiger partial charge < -0.3 is 0 Å². The fourth-order valence-electron chi connectivity index (χ4n) is 3.12. The Morgan fingerprint density at radius 3 is 3.04 bits per heavy atom. The molecule has 9 heteroatoms. The minimum atomic E-state index is -0.264. The van der Waals surface area contributed by atoms with E-state index in [0.717, 1.165) is 40.3 Å². The van der Waals surface area contributed by atoms with Crippen LogP contribution in [0.5, 0.6) is 0 Å². The number of thiophene rings is 1. The van der Waals surface area contributed by atoms with Crippen molar-refractivity contribution in [1.29, 1.82) is 5.26 Å². The van der Waals surface area contributed by atoms with Crippen LogP contribution in [0.3, 0.4) is 0 Å². The topological polar surface area (TPSA) is 70.6 Å². The molecule has 4 rings (SSSR count). The molecule has 0 radical (unpaired) electrons. The third-order valence-corrected chi connectivity index (χ3v) is 6.16. The van der Waals surface area contributed by atoms with Crippen molar-refractivity contribution < 1.29 is 0 Å². The monoisotopic (exact) mass is 390 g/mol. The summed E-state index contributed by atoms with van der Waals surface area (Å²) in [5.74, 6) is 1.03. The summed E-state index contributed by atoms with van der Waals surface area (Å²) in [5, 5.41) is 17.0. The highest BCUT2D eigenvalue weighted by molar-refractivity contribution is 7.97. The van der Waals surface area contributed by atoms with Gasteiger partial charge in [-0.3, -0.25) is 4.68 Å². The molecule has 0 aliphatic carbocycles. The van der Waals surface area contributed by atoms with Gasteiger partial charge in [0.2, 0.25) is 5.28 Å². The van der Waals surface area contributed by atoms with Crippen LogP contribution in [0.2, 0.25) is 5.28 Å². The molecular formula is C16H15ClN6S2. The first kappa shape index (κ1) is 16.8. The Morgan fingerprint density at radius 2 is 2.28 bits per heavy atom. The lowest BCUT2D eigenvalue weighted by atomic mass is 9.89. The van der Waals surface area contributed by atoms with E-state index in [2.05, 4.69) is 32.4 Å². The molecule has 0 saturated carbocycles. The third-order valence-electron chi connectivity index (χ3n) is 4.30. The molecule has 0 amide bonds. The molecule has 0 N–H and O–H groups in total. The SMILES string of the molecule is CCSN1CC(CC#N)(n2cc(-c3nc(Cl)nc4sccc34)cn2)C1. The first-order valence-electron chi connectivity index (χ1n) is 7.86. The first-order chi connectivity index (χ1) is 12.1. The Hall–Kier alpha value is -1.66. The van der Waals surface area contributed by atoms with Crippen molar-refractivity contribution in [3.63, 3.8) is 0 Å². The highest BCUT2D eigenvalue weighted by atomic mass is 35.5. The van der Waals surface area contributed by atoms with Gasteiger partial charge in [0.25, 0.3) is 0 Å². The lowest BCUT2D eigenvalue weighted by Gasteiger charge is -2.48. The fourth-order valence-corrected chi connectivity index (χ4v) is 5.13. The summed E-state index contributed by atoms with van der Waals surface area (Å²) in [4.78, 5) is 9.52. The summed E-state index contributed by atoms with van der Waals surface area (Å²) in [6.07, 6.45) is 4.21. The van der Waals surface area contributed by atoms with Crippen molar-refractivity contribution in [2.24, 2.45) is 0 Å². The number of hydrogen-bond donors (Lipinski definition) is 0. The van der Waals surface area contributed by atoms with Gasteiger partial charge in [0.1, 0.15) is 10.4 Å². The van der Waals surface area contributed by atoms with Crippen LogP contribution in [0.1, 0.15) is 13.3 Å². The molecule has 0 bridgehead atoms. The number of halogens is 1. The maximum atomic E-state index is 9.27. The molecule has 1 saturated heterocycles. The summed E-state index contributed by atoms with van der Waals surface area (Å²) in [5.41, 5.74) is 1.42. The average Bonchev–Trinajstić information content (AvgIpc) is 3.21. The lowest BCUT2D eigenvalue weighted by molar-refractivity contribution is 0.0812. The van der Waals surface area contributed by atoms with E-state index in [1.165, 1.54) is 11.3 Å². The second kappa shape index (κ2) is 6.57. The van der Waals surface area contributed by atoms with Gasteiger partial charge in [-0.2, -0.15) is 10.4 Å². The van der Waals surface area contributed by atoms with Crippen LogP contribution in [-0.2, 0) is 5.54 Å². The molecule has 3 aromatic rings.